The van der Waals surface area contributed by atoms with E-state index in [9.17, 15) is 0 Å². The Kier molecular flexibility index (Phi) is 2.06. The van der Waals surface area contributed by atoms with Gasteiger partial charge in [-0.1, -0.05) is 42.5 Å². The average Bonchev–Trinajstić information content (AvgIpc) is 3.02. The molecule has 0 aliphatic heterocycles. The molecule has 0 bridgehead atoms. The highest BCUT2D eigenvalue weighted by Crippen LogP contribution is 2.28. The Labute approximate surface area is 111 Å². The van der Waals surface area contributed by atoms with E-state index in [0.717, 1.165) is 0 Å². The van der Waals surface area contributed by atoms with Crippen LogP contribution >= 0.6 is 0 Å². The molecule has 0 radical (unpaired) electrons. The minimum absolute atomic E-state index is 1.20. The van der Waals surface area contributed by atoms with Crippen LogP contribution in [0.4, 0.5) is 0 Å². The van der Waals surface area contributed by atoms with Gasteiger partial charge in [-0.15, -0.1) is 0 Å². The van der Waals surface area contributed by atoms with Crippen LogP contribution in [0.15, 0.2) is 67.0 Å². The summed E-state index contributed by atoms with van der Waals surface area (Å²) in [6.45, 7) is 2.17. The van der Waals surface area contributed by atoms with Crippen LogP contribution in [0.1, 0.15) is 5.69 Å². The smallest absolute Gasteiger partial charge is 0.129 e. The fraction of sp³-hybridized carbons (Fsp3) is 0.0588. The van der Waals surface area contributed by atoms with Crippen LogP contribution in [0.3, 0.4) is 0 Å². The van der Waals surface area contributed by atoms with E-state index in [1.54, 1.807) is 0 Å². The zero-order valence-corrected chi connectivity index (χ0v) is 10.7. The average molecular weight is 246 g/mol. The monoisotopic (exact) mass is 246 g/mol. The summed E-state index contributed by atoms with van der Waals surface area (Å²) in [5.74, 6) is 0. The summed E-state index contributed by atoms with van der Waals surface area (Å²) in [6.07, 6.45) is 4.27. The molecule has 2 heteroatoms. The topological polar surface area (TPSA) is 9.34 Å². The fourth-order valence-corrected chi connectivity index (χ4v) is 2.84. The number of aryl methyl sites for hydroxylation is 1. The summed E-state index contributed by atoms with van der Waals surface area (Å²) in [6, 6.07) is 19.0. The van der Waals surface area contributed by atoms with E-state index in [4.69, 9.17) is 0 Å². The lowest BCUT2D eigenvalue weighted by atomic mass is 10.2. The molecule has 0 fully saturated rings. The second-order valence-electron chi connectivity index (χ2n) is 4.83. The van der Waals surface area contributed by atoms with E-state index < -0.39 is 0 Å². The number of fused-ring (bicyclic) bond motifs is 3. The molecular weight excluding hydrogens is 232 g/mol. The van der Waals surface area contributed by atoms with Crippen LogP contribution in [0.2, 0.25) is 0 Å². The third kappa shape index (κ3) is 1.37. The summed E-state index contributed by atoms with van der Waals surface area (Å²) in [5, 5.41) is 2.62. The van der Waals surface area contributed by atoms with Crippen molar-refractivity contribution >= 4 is 16.4 Å². The number of hydrogen-bond donors (Lipinski definition) is 0. The van der Waals surface area contributed by atoms with Gasteiger partial charge in [-0.2, -0.15) is 0 Å². The van der Waals surface area contributed by atoms with Crippen molar-refractivity contribution in [1.82, 2.24) is 8.97 Å². The predicted molar refractivity (Wildman–Crippen MR) is 79.0 cm³/mol. The predicted octanol–water partition coefficient (Wildman–Crippen LogP) is 4.19. The van der Waals surface area contributed by atoms with Gasteiger partial charge in [0.1, 0.15) is 5.65 Å². The van der Waals surface area contributed by atoms with Gasteiger partial charge in [0, 0.05) is 34.5 Å². The lowest BCUT2D eigenvalue weighted by Crippen LogP contribution is -1.91. The highest BCUT2D eigenvalue weighted by molar-refractivity contribution is 5.98. The zero-order valence-electron chi connectivity index (χ0n) is 10.7. The zero-order chi connectivity index (χ0) is 12.8. The van der Waals surface area contributed by atoms with Crippen LogP contribution in [-0.2, 0) is 0 Å². The van der Waals surface area contributed by atoms with Crippen LogP contribution in [0.5, 0.6) is 0 Å². The normalized spacial score (nSPS) is 11.4. The molecular formula is C17H14N2. The first-order chi connectivity index (χ1) is 9.36. The number of rotatable bonds is 1. The van der Waals surface area contributed by atoms with Crippen molar-refractivity contribution < 1.29 is 0 Å². The molecule has 4 aromatic rings. The maximum atomic E-state index is 2.26. The highest BCUT2D eigenvalue weighted by atomic mass is 15.1. The van der Waals surface area contributed by atoms with Gasteiger partial charge in [0.05, 0.1) is 0 Å². The van der Waals surface area contributed by atoms with Crippen molar-refractivity contribution in [2.45, 2.75) is 6.92 Å². The van der Waals surface area contributed by atoms with Crippen LogP contribution in [-0.4, -0.2) is 8.97 Å². The molecule has 0 atom stereocenters. The molecule has 0 saturated heterocycles. The molecule has 0 amide bonds. The summed E-state index contributed by atoms with van der Waals surface area (Å²) >= 11 is 0. The molecule has 19 heavy (non-hydrogen) atoms. The van der Waals surface area contributed by atoms with Crippen LogP contribution in [0.25, 0.3) is 22.1 Å². The van der Waals surface area contributed by atoms with Crippen molar-refractivity contribution in [3.05, 3.63) is 72.7 Å². The minimum Gasteiger partial charge on any atom is -0.304 e. The molecule has 2 aromatic carbocycles. The molecule has 4 rings (SSSR count). The third-order valence-corrected chi connectivity index (χ3v) is 3.77. The van der Waals surface area contributed by atoms with E-state index in [1.165, 1.54) is 27.8 Å². The van der Waals surface area contributed by atoms with Gasteiger partial charge >= 0.3 is 0 Å². The molecule has 2 heterocycles. The molecule has 0 spiro atoms. The van der Waals surface area contributed by atoms with Gasteiger partial charge in [0.15, 0.2) is 0 Å². The lowest BCUT2D eigenvalue weighted by molar-refractivity contribution is 1.09. The first-order valence-corrected chi connectivity index (χ1v) is 6.48. The van der Waals surface area contributed by atoms with Gasteiger partial charge < -0.3 is 8.97 Å². The third-order valence-electron chi connectivity index (χ3n) is 3.77. The summed E-state index contributed by atoms with van der Waals surface area (Å²) in [5.41, 5.74) is 3.72. The molecule has 0 N–H and O–H groups in total. The number of para-hydroxylation sites is 1. The number of aromatic nitrogens is 2. The van der Waals surface area contributed by atoms with Crippen LogP contribution < -0.4 is 0 Å². The summed E-state index contributed by atoms with van der Waals surface area (Å²) in [4.78, 5) is 0. The molecule has 92 valence electrons. The highest BCUT2D eigenvalue weighted by Gasteiger charge is 2.12. The number of imidazole rings is 1. The first kappa shape index (κ1) is 10.4. The molecule has 0 saturated carbocycles. The van der Waals surface area contributed by atoms with E-state index in [-0.39, 0.29) is 0 Å². The van der Waals surface area contributed by atoms with Crippen molar-refractivity contribution in [3.63, 3.8) is 0 Å². The number of nitrogens with zero attached hydrogens (tertiary/aromatic N) is 2. The molecule has 0 aliphatic carbocycles. The van der Waals surface area contributed by atoms with Crippen molar-refractivity contribution in [2.24, 2.45) is 0 Å². The van der Waals surface area contributed by atoms with Gasteiger partial charge in [0.25, 0.3) is 0 Å². The standard InChI is InChI=1S/C17H14N2/c1-13-15-9-5-6-10-16(15)17-18(13)11-12-19(17)14-7-3-2-4-8-14/h2-12H,1H3. The maximum Gasteiger partial charge on any atom is 0.129 e. The maximum absolute atomic E-state index is 2.26. The van der Waals surface area contributed by atoms with Crippen molar-refractivity contribution in [3.8, 4) is 5.69 Å². The van der Waals surface area contributed by atoms with E-state index in [0.29, 0.717) is 0 Å². The van der Waals surface area contributed by atoms with Gasteiger partial charge in [0.2, 0.25) is 0 Å². The Balaban J connectivity index is 2.17. The SMILES string of the molecule is Cc1c2ccccc2c2n(-c3ccccc3)ccn12. The second-order valence-corrected chi connectivity index (χ2v) is 4.83. The van der Waals surface area contributed by atoms with Crippen LogP contribution in [0, 0.1) is 6.92 Å². The quantitative estimate of drug-likeness (QED) is 0.476. The van der Waals surface area contributed by atoms with E-state index in [1.807, 2.05) is 6.07 Å². The van der Waals surface area contributed by atoms with E-state index >= 15 is 0 Å². The number of hydrogen-bond acceptors (Lipinski definition) is 0. The summed E-state index contributed by atoms with van der Waals surface area (Å²) < 4.78 is 4.51. The van der Waals surface area contributed by atoms with Gasteiger partial charge in [-0.3, -0.25) is 0 Å². The number of benzene rings is 2. The summed E-state index contributed by atoms with van der Waals surface area (Å²) in [7, 11) is 0. The Morgan fingerprint density at radius 3 is 2.21 bits per heavy atom. The van der Waals surface area contributed by atoms with Gasteiger partial charge in [-0.05, 0) is 19.1 Å². The molecule has 0 unspecified atom stereocenters. The van der Waals surface area contributed by atoms with E-state index in [2.05, 4.69) is 76.8 Å². The molecule has 2 aromatic heterocycles. The Morgan fingerprint density at radius 1 is 0.737 bits per heavy atom. The lowest BCUT2D eigenvalue weighted by Gasteiger charge is -2.03. The Bertz CT molecular complexity index is 866. The fourth-order valence-electron chi connectivity index (χ4n) is 2.84. The molecule has 2 nitrogen and oxygen atoms in total. The Hall–Kier alpha value is -2.48. The van der Waals surface area contributed by atoms with Crippen molar-refractivity contribution in [2.75, 3.05) is 0 Å². The first-order valence-electron chi connectivity index (χ1n) is 6.48. The van der Waals surface area contributed by atoms with Crippen molar-refractivity contribution in [1.29, 1.82) is 0 Å². The Morgan fingerprint density at radius 2 is 1.42 bits per heavy atom. The molecule has 0 aliphatic rings. The van der Waals surface area contributed by atoms with Gasteiger partial charge in [-0.25, -0.2) is 0 Å². The largest absolute Gasteiger partial charge is 0.304 e. The minimum atomic E-state index is 1.20. The second kappa shape index (κ2) is 3.75.